The van der Waals surface area contributed by atoms with Crippen LogP contribution in [0.5, 0.6) is 0 Å². The number of nitrogens with one attached hydrogen (secondary N) is 3. The van der Waals surface area contributed by atoms with Gasteiger partial charge in [-0.1, -0.05) is 39.7 Å². The van der Waals surface area contributed by atoms with E-state index in [1.807, 2.05) is 62.4 Å². The fourth-order valence-electron chi connectivity index (χ4n) is 1.96. The van der Waals surface area contributed by atoms with Gasteiger partial charge in [0.1, 0.15) is 0 Å². The number of hydrogen-bond acceptors (Lipinski definition) is 3. The lowest BCUT2D eigenvalue weighted by Crippen LogP contribution is -2.22. The van der Waals surface area contributed by atoms with E-state index in [9.17, 15) is 0 Å². The van der Waals surface area contributed by atoms with Crippen molar-refractivity contribution in [1.82, 2.24) is 5.43 Å². The van der Waals surface area contributed by atoms with E-state index in [0.29, 0.717) is 17.2 Å². The fourth-order valence-corrected chi connectivity index (χ4v) is 2.35. The van der Waals surface area contributed by atoms with Gasteiger partial charge in [-0.3, -0.25) is 0 Å². The smallest absolute Gasteiger partial charge is 0.0540 e. The second kappa shape index (κ2) is 8.18. The van der Waals surface area contributed by atoms with Gasteiger partial charge in [-0.15, -0.1) is 0 Å². The maximum absolute atomic E-state index is 8.26. The molecular weight excluding hydrogens is 374 g/mol. The molecule has 0 fully saturated rings. The van der Waals surface area contributed by atoms with E-state index in [1.54, 1.807) is 0 Å². The molecule has 3 N–H and O–H groups in total. The zero-order valence-electron chi connectivity index (χ0n) is 13.1. The highest BCUT2D eigenvalue weighted by Crippen LogP contribution is 2.15. The molecule has 0 saturated heterocycles. The van der Waals surface area contributed by atoms with Crippen molar-refractivity contribution in [1.29, 1.82) is 5.41 Å². The van der Waals surface area contributed by atoms with Gasteiger partial charge < -0.3 is 16.3 Å². The monoisotopic (exact) mass is 391 g/mol. The molecule has 0 saturated carbocycles. The molecule has 2 rings (SSSR count). The van der Waals surface area contributed by atoms with Crippen molar-refractivity contribution in [3.8, 4) is 0 Å². The highest BCUT2D eigenvalue weighted by Gasteiger charge is 2.06. The highest BCUT2D eigenvalue weighted by atomic mass is 79.9. The van der Waals surface area contributed by atoms with Gasteiger partial charge in [-0.05, 0) is 61.4 Å². The highest BCUT2D eigenvalue weighted by molar-refractivity contribution is 9.10. The average molecular weight is 393 g/mol. The van der Waals surface area contributed by atoms with E-state index in [2.05, 4.69) is 26.8 Å². The van der Waals surface area contributed by atoms with Gasteiger partial charge in [0, 0.05) is 27.3 Å². The maximum Gasteiger partial charge on any atom is 0.0540 e. The summed E-state index contributed by atoms with van der Waals surface area (Å²) in [5.74, 6) is 0. The van der Waals surface area contributed by atoms with Gasteiger partial charge in [-0.2, -0.15) is 0 Å². The molecular formula is C18H19BrClN3. The fraction of sp³-hybridized carbons (Fsp3) is 0.167. The van der Waals surface area contributed by atoms with Crippen molar-refractivity contribution in [2.24, 2.45) is 0 Å². The number of hydrazine groups is 1. The Balaban J connectivity index is 1.96. The van der Waals surface area contributed by atoms with Crippen LogP contribution >= 0.6 is 27.5 Å². The molecule has 5 heteroatoms. The van der Waals surface area contributed by atoms with Crippen LogP contribution in [0.4, 0.5) is 5.69 Å². The van der Waals surface area contributed by atoms with E-state index in [4.69, 9.17) is 17.0 Å². The van der Waals surface area contributed by atoms with Crippen molar-refractivity contribution in [3.63, 3.8) is 0 Å². The summed E-state index contributed by atoms with van der Waals surface area (Å²) in [7, 11) is 0. The molecule has 2 aromatic rings. The first-order valence-corrected chi connectivity index (χ1v) is 8.40. The Morgan fingerprint density at radius 2 is 1.65 bits per heavy atom. The van der Waals surface area contributed by atoms with E-state index in [0.717, 1.165) is 27.0 Å². The lowest BCUT2D eigenvalue weighted by atomic mass is 10.0. The molecule has 0 bridgehead atoms. The molecule has 120 valence electrons. The molecule has 23 heavy (non-hydrogen) atoms. The van der Waals surface area contributed by atoms with Crippen LogP contribution in [0.15, 0.2) is 64.3 Å². The van der Waals surface area contributed by atoms with Gasteiger partial charge >= 0.3 is 0 Å². The van der Waals surface area contributed by atoms with Crippen molar-refractivity contribution in [2.75, 3.05) is 5.43 Å². The van der Waals surface area contributed by atoms with Crippen LogP contribution in [-0.2, 0) is 6.42 Å². The van der Waals surface area contributed by atoms with Crippen LogP contribution in [0.2, 0.25) is 5.02 Å². The summed E-state index contributed by atoms with van der Waals surface area (Å²) in [6.45, 7) is 3.90. The molecule has 0 amide bonds. The molecule has 0 aliphatic heterocycles. The Morgan fingerprint density at radius 3 is 2.26 bits per heavy atom. The summed E-state index contributed by atoms with van der Waals surface area (Å²) in [6, 6.07) is 15.5. The van der Waals surface area contributed by atoms with Gasteiger partial charge in [0.05, 0.1) is 5.69 Å². The number of rotatable bonds is 6. The largest absolute Gasteiger partial charge is 0.305 e. The van der Waals surface area contributed by atoms with Crippen molar-refractivity contribution >= 4 is 38.9 Å². The number of hydrogen-bond donors (Lipinski definition) is 3. The summed E-state index contributed by atoms with van der Waals surface area (Å²) in [6.07, 6.45) is 0.584. The zero-order chi connectivity index (χ0) is 16.8. The second-order valence-corrected chi connectivity index (χ2v) is 6.64. The number of allylic oxidation sites excluding steroid dienone is 2. The molecule has 0 spiro atoms. The predicted molar refractivity (Wildman–Crippen MR) is 102 cm³/mol. The van der Waals surface area contributed by atoms with E-state index < -0.39 is 0 Å². The molecule has 0 atom stereocenters. The maximum atomic E-state index is 8.26. The van der Waals surface area contributed by atoms with Gasteiger partial charge in [0.25, 0.3) is 0 Å². The number of anilines is 1. The number of halogens is 2. The van der Waals surface area contributed by atoms with E-state index in [-0.39, 0.29) is 0 Å². The molecule has 0 heterocycles. The van der Waals surface area contributed by atoms with Crippen LogP contribution in [0.3, 0.4) is 0 Å². The zero-order valence-corrected chi connectivity index (χ0v) is 15.4. The summed E-state index contributed by atoms with van der Waals surface area (Å²) >= 11 is 9.30. The van der Waals surface area contributed by atoms with Crippen LogP contribution in [0, 0.1) is 5.41 Å². The lowest BCUT2D eigenvalue weighted by molar-refractivity contribution is 0.944. The Hall–Kier alpha value is -1.78. The molecule has 2 aromatic carbocycles. The van der Waals surface area contributed by atoms with Crippen LogP contribution in [-0.4, -0.2) is 5.71 Å². The normalized spacial score (nSPS) is 11.7. The van der Waals surface area contributed by atoms with Crippen LogP contribution in [0.25, 0.3) is 0 Å². The molecule has 0 radical (unpaired) electrons. The first-order chi connectivity index (χ1) is 11.0. The Bertz CT molecular complexity index is 706. The number of benzene rings is 2. The summed E-state index contributed by atoms with van der Waals surface area (Å²) < 4.78 is 1.04. The van der Waals surface area contributed by atoms with Crippen LogP contribution < -0.4 is 10.9 Å². The standard InChI is InChI=1S/C18H19BrClN3/c1-12(18(21)11-14-3-7-16(20)8-4-14)13(2)22-23-17-9-5-15(19)6-10-17/h3-10,21-23H,11H2,1-2H3. The Labute approximate surface area is 150 Å². The molecule has 0 aliphatic carbocycles. The van der Waals surface area contributed by atoms with Crippen molar-refractivity contribution in [3.05, 3.63) is 74.9 Å². The van der Waals surface area contributed by atoms with Crippen molar-refractivity contribution < 1.29 is 0 Å². The predicted octanol–water partition coefficient (Wildman–Crippen LogP) is 5.58. The SMILES string of the molecule is CC(NNc1ccc(Br)cc1)=C(C)C(=N)Cc1ccc(Cl)cc1. The third kappa shape index (κ3) is 5.41. The van der Waals surface area contributed by atoms with Gasteiger partial charge in [0.2, 0.25) is 0 Å². The van der Waals surface area contributed by atoms with E-state index in [1.165, 1.54) is 0 Å². The minimum Gasteiger partial charge on any atom is -0.305 e. The van der Waals surface area contributed by atoms with E-state index >= 15 is 0 Å². The lowest BCUT2D eigenvalue weighted by Gasteiger charge is -2.14. The molecule has 0 unspecified atom stereocenters. The summed E-state index contributed by atoms with van der Waals surface area (Å²) in [5.41, 5.74) is 10.7. The third-order valence-electron chi connectivity index (χ3n) is 3.55. The average Bonchev–Trinajstić information content (AvgIpc) is 2.55. The van der Waals surface area contributed by atoms with Crippen molar-refractivity contribution in [2.45, 2.75) is 20.3 Å². The first-order valence-electron chi connectivity index (χ1n) is 7.23. The summed E-state index contributed by atoms with van der Waals surface area (Å²) in [5, 5.41) is 8.97. The quantitative estimate of drug-likeness (QED) is 0.444. The summed E-state index contributed by atoms with van der Waals surface area (Å²) in [4.78, 5) is 0. The molecule has 3 nitrogen and oxygen atoms in total. The van der Waals surface area contributed by atoms with Crippen LogP contribution in [0.1, 0.15) is 19.4 Å². The Kier molecular flexibility index (Phi) is 6.25. The van der Waals surface area contributed by atoms with Gasteiger partial charge in [0.15, 0.2) is 0 Å². The second-order valence-electron chi connectivity index (χ2n) is 5.29. The third-order valence-corrected chi connectivity index (χ3v) is 4.33. The van der Waals surface area contributed by atoms with Gasteiger partial charge in [-0.25, -0.2) is 0 Å². The molecule has 0 aromatic heterocycles. The molecule has 0 aliphatic rings. The Morgan fingerprint density at radius 1 is 1.04 bits per heavy atom. The topological polar surface area (TPSA) is 47.9 Å². The first kappa shape index (κ1) is 17.6. The minimum absolute atomic E-state index is 0.579. The minimum atomic E-state index is 0.579.